The lowest BCUT2D eigenvalue weighted by Crippen LogP contribution is -2.04. The lowest BCUT2D eigenvalue weighted by atomic mass is 10.1. The Labute approximate surface area is 185 Å². The second-order valence-corrected chi connectivity index (χ2v) is 7.23. The molecule has 6 heteroatoms. The molecule has 0 fully saturated rings. The van der Waals surface area contributed by atoms with Gasteiger partial charge < -0.3 is 18.6 Å². The van der Waals surface area contributed by atoms with Crippen molar-refractivity contribution >= 4 is 16.8 Å². The summed E-state index contributed by atoms with van der Waals surface area (Å²) in [6.45, 7) is 1.80. The Morgan fingerprint density at radius 3 is 2.31 bits per heavy atom. The van der Waals surface area contributed by atoms with Crippen molar-refractivity contribution in [2.24, 2.45) is 0 Å². The van der Waals surface area contributed by atoms with Gasteiger partial charge in [0.25, 0.3) is 0 Å². The van der Waals surface area contributed by atoms with E-state index in [2.05, 4.69) is 0 Å². The number of fused-ring (bicyclic) bond motifs is 1. The third-order valence-electron chi connectivity index (χ3n) is 5.11. The average molecular weight is 430 g/mol. The van der Waals surface area contributed by atoms with Crippen LogP contribution in [0.1, 0.15) is 22.8 Å². The first kappa shape index (κ1) is 21.2. The molecule has 3 aromatic carbocycles. The number of hydrogen-bond acceptors (Lipinski definition) is 6. The van der Waals surface area contributed by atoms with Crippen molar-refractivity contribution in [3.63, 3.8) is 0 Å². The number of benzene rings is 3. The van der Waals surface area contributed by atoms with Crippen LogP contribution in [-0.4, -0.2) is 20.0 Å². The Balaban J connectivity index is 1.77. The van der Waals surface area contributed by atoms with Gasteiger partial charge in [-0.25, -0.2) is 0 Å². The van der Waals surface area contributed by atoms with Gasteiger partial charge in [-0.1, -0.05) is 30.3 Å². The molecule has 32 heavy (non-hydrogen) atoms. The first-order valence-corrected chi connectivity index (χ1v) is 10.0. The molecule has 1 heterocycles. The Bertz CT molecular complexity index is 1340. The molecular formula is C26H22O6. The third kappa shape index (κ3) is 4.21. The van der Waals surface area contributed by atoms with Crippen LogP contribution >= 0.6 is 0 Å². The normalized spacial score (nSPS) is 10.7. The second kappa shape index (κ2) is 8.98. The van der Waals surface area contributed by atoms with Crippen LogP contribution in [0.5, 0.6) is 17.2 Å². The summed E-state index contributed by atoms with van der Waals surface area (Å²) in [4.78, 5) is 24.7. The molecule has 0 aliphatic heterocycles. The SMILES string of the molecule is COc1ccc(-c2cc(=O)c3cc(C(C)=O)cc(OC)c3o2)cc1OCc1ccccc1. The zero-order chi connectivity index (χ0) is 22.7. The van der Waals surface area contributed by atoms with E-state index in [4.69, 9.17) is 18.6 Å². The van der Waals surface area contributed by atoms with Crippen molar-refractivity contribution in [3.8, 4) is 28.6 Å². The highest BCUT2D eigenvalue weighted by Gasteiger charge is 2.16. The maximum absolute atomic E-state index is 12.9. The van der Waals surface area contributed by atoms with Crippen molar-refractivity contribution in [3.05, 3.63) is 88.1 Å². The topological polar surface area (TPSA) is 75.0 Å². The molecule has 0 aliphatic rings. The number of hydrogen-bond donors (Lipinski definition) is 0. The van der Waals surface area contributed by atoms with Crippen LogP contribution in [0.4, 0.5) is 0 Å². The highest BCUT2D eigenvalue weighted by Crippen LogP contribution is 2.35. The Hall–Kier alpha value is -4.06. The molecule has 0 unspecified atom stereocenters. The van der Waals surface area contributed by atoms with E-state index in [0.717, 1.165) is 5.56 Å². The van der Waals surface area contributed by atoms with Gasteiger partial charge in [0.05, 0.1) is 19.6 Å². The molecule has 1 aromatic heterocycles. The van der Waals surface area contributed by atoms with Crippen LogP contribution in [0.3, 0.4) is 0 Å². The number of Topliss-reactive ketones (excluding diaryl/α,β-unsaturated/α-hetero) is 1. The molecule has 0 bridgehead atoms. The Kier molecular flexibility index (Phi) is 5.94. The minimum atomic E-state index is -0.273. The smallest absolute Gasteiger partial charge is 0.193 e. The summed E-state index contributed by atoms with van der Waals surface area (Å²) in [5.41, 5.74) is 2.05. The van der Waals surface area contributed by atoms with Gasteiger partial charge in [0.1, 0.15) is 12.4 Å². The van der Waals surface area contributed by atoms with E-state index in [-0.39, 0.29) is 22.2 Å². The maximum atomic E-state index is 12.9. The molecule has 0 amide bonds. The standard InChI is InChI=1S/C26H22O6/c1-16(27)19-11-20-21(28)14-23(32-26(20)25(13-19)30-3)18-9-10-22(29-2)24(12-18)31-15-17-7-5-4-6-8-17/h4-14H,15H2,1-3H3. The van der Waals surface area contributed by atoms with Crippen molar-refractivity contribution in [2.45, 2.75) is 13.5 Å². The number of methoxy groups -OCH3 is 2. The van der Waals surface area contributed by atoms with Gasteiger partial charge in [-0.2, -0.15) is 0 Å². The van der Waals surface area contributed by atoms with Crippen LogP contribution in [0.25, 0.3) is 22.3 Å². The fraction of sp³-hybridized carbons (Fsp3) is 0.154. The molecule has 0 spiro atoms. The summed E-state index contributed by atoms with van der Waals surface area (Å²) < 4.78 is 22.8. The van der Waals surface area contributed by atoms with E-state index < -0.39 is 0 Å². The van der Waals surface area contributed by atoms with Crippen molar-refractivity contribution in [2.75, 3.05) is 14.2 Å². The van der Waals surface area contributed by atoms with E-state index in [1.807, 2.05) is 30.3 Å². The molecule has 0 radical (unpaired) electrons. The monoisotopic (exact) mass is 430 g/mol. The molecular weight excluding hydrogens is 408 g/mol. The summed E-state index contributed by atoms with van der Waals surface area (Å²) in [5.74, 6) is 1.60. The number of ketones is 1. The van der Waals surface area contributed by atoms with Gasteiger partial charge in [-0.3, -0.25) is 9.59 Å². The molecule has 6 nitrogen and oxygen atoms in total. The van der Waals surface area contributed by atoms with Gasteiger partial charge in [-0.15, -0.1) is 0 Å². The molecule has 4 aromatic rings. The van der Waals surface area contributed by atoms with Crippen LogP contribution in [0.15, 0.2) is 75.9 Å². The largest absolute Gasteiger partial charge is 0.493 e. The zero-order valence-corrected chi connectivity index (χ0v) is 18.0. The average Bonchev–Trinajstić information content (AvgIpc) is 2.82. The third-order valence-corrected chi connectivity index (χ3v) is 5.11. The van der Waals surface area contributed by atoms with Crippen molar-refractivity contribution in [1.29, 1.82) is 0 Å². The number of rotatable bonds is 7. The van der Waals surface area contributed by atoms with E-state index in [1.54, 1.807) is 31.4 Å². The predicted molar refractivity (Wildman–Crippen MR) is 122 cm³/mol. The maximum Gasteiger partial charge on any atom is 0.193 e. The van der Waals surface area contributed by atoms with Crippen molar-refractivity contribution in [1.82, 2.24) is 0 Å². The first-order chi connectivity index (χ1) is 15.5. The summed E-state index contributed by atoms with van der Waals surface area (Å²) in [7, 11) is 3.03. The minimum Gasteiger partial charge on any atom is -0.493 e. The van der Waals surface area contributed by atoms with Crippen LogP contribution in [0, 0.1) is 0 Å². The first-order valence-electron chi connectivity index (χ1n) is 10.0. The lowest BCUT2D eigenvalue weighted by Gasteiger charge is -2.13. The molecule has 162 valence electrons. The Morgan fingerprint density at radius 1 is 0.875 bits per heavy atom. The number of carbonyl (C=O) groups is 1. The van der Waals surface area contributed by atoms with E-state index in [0.29, 0.717) is 40.7 Å². The van der Waals surface area contributed by atoms with Gasteiger partial charge in [0.15, 0.2) is 34.0 Å². The number of carbonyl (C=O) groups excluding carboxylic acids is 1. The van der Waals surface area contributed by atoms with Gasteiger partial charge in [-0.05, 0) is 42.8 Å². The van der Waals surface area contributed by atoms with Gasteiger partial charge in [0.2, 0.25) is 0 Å². The highest BCUT2D eigenvalue weighted by molar-refractivity contribution is 5.99. The van der Waals surface area contributed by atoms with Crippen LogP contribution < -0.4 is 19.6 Å². The van der Waals surface area contributed by atoms with E-state index in [1.165, 1.54) is 26.2 Å². The number of ether oxygens (including phenoxy) is 3. The van der Waals surface area contributed by atoms with E-state index in [9.17, 15) is 9.59 Å². The second-order valence-electron chi connectivity index (χ2n) is 7.23. The molecule has 0 atom stereocenters. The lowest BCUT2D eigenvalue weighted by molar-refractivity contribution is 0.101. The summed E-state index contributed by atoms with van der Waals surface area (Å²) in [5, 5.41) is 0.285. The van der Waals surface area contributed by atoms with Gasteiger partial charge >= 0.3 is 0 Å². The van der Waals surface area contributed by atoms with Crippen molar-refractivity contribution < 1.29 is 23.4 Å². The zero-order valence-electron chi connectivity index (χ0n) is 18.0. The predicted octanol–water partition coefficient (Wildman–Crippen LogP) is 5.26. The van der Waals surface area contributed by atoms with Gasteiger partial charge in [0, 0.05) is 17.2 Å². The summed E-state index contributed by atoms with van der Waals surface area (Å²) in [6, 6.07) is 19.6. The molecule has 0 saturated carbocycles. The summed E-state index contributed by atoms with van der Waals surface area (Å²) >= 11 is 0. The van der Waals surface area contributed by atoms with E-state index >= 15 is 0 Å². The fourth-order valence-corrected chi connectivity index (χ4v) is 3.40. The molecule has 0 N–H and O–H groups in total. The summed E-state index contributed by atoms with van der Waals surface area (Å²) in [6.07, 6.45) is 0. The Morgan fingerprint density at radius 2 is 1.62 bits per heavy atom. The van der Waals surface area contributed by atoms with Crippen LogP contribution in [0.2, 0.25) is 0 Å². The fourth-order valence-electron chi connectivity index (χ4n) is 3.40. The van der Waals surface area contributed by atoms with Crippen LogP contribution in [-0.2, 0) is 6.61 Å². The highest BCUT2D eigenvalue weighted by atomic mass is 16.5. The molecule has 4 rings (SSSR count). The molecule has 0 aliphatic carbocycles. The quantitative estimate of drug-likeness (QED) is 0.373. The molecule has 0 saturated heterocycles. The minimum absolute atomic E-state index is 0.163.